The molecule has 0 aliphatic rings. The molecule has 0 aliphatic heterocycles. The number of hydrogen-bond acceptors (Lipinski definition) is 3. The second-order valence-electron chi connectivity index (χ2n) is 3.42. The molecule has 1 aromatic heterocycles. The molecule has 0 bridgehead atoms. The van der Waals surface area contributed by atoms with Crippen molar-refractivity contribution in [2.24, 2.45) is 0 Å². The standard InChI is InChI=1S/C9H10BrNO3/c1-9(2,14)5-3-6(10)7(8(12)13)11-4-5/h3-4,14H,1-2H3,(H,12,13). The van der Waals surface area contributed by atoms with Crippen molar-refractivity contribution in [2.45, 2.75) is 19.4 Å². The van der Waals surface area contributed by atoms with E-state index in [1.165, 1.54) is 6.20 Å². The fraction of sp³-hybridized carbons (Fsp3) is 0.333. The third kappa shape index (κ3) is 2.30. The van der Waals surface area contributed by atoms with Gasteiger partial charge in [-0.15, -0.1) is 0 Å². The first-order valence-electron chi connectivity index (χ1n) is 3.94. The number of rotatable bonds is 2. The van der Waals surface area contributed by atoms with Crippen LogP contribution in [0.15, 0.2) is 16.7 Å². The molecule has 14 heavy (non-hydrogen) atoms. The lowest BCUT2D eigenvalue weighted by atomic mass is 10.0. The topological polar surface area (TPSA) is 70.4 Å². The minimum absolute atomic E-state index is 0.0574. The number of aromatic nitrogens is 1. The van der Waals surface area contributed by atoms with Crippen LogP contribution in [0.2, 0.25) is 0 Å². The Bertz CT molecular complexity index is 371. The van der Waals surface area contributed by atoms with Gasteiger partial charge in [0.05, 0.1) is 10.1 Å². The summed E-state index contributed by atoms with van der Waals surface area (Å²) in [6, 6.07) is 1.55. The molecule has 1 rings (SSSR count). The first-order chi connectivity index (χ1) is 6.32. The van der Waals surface area contributed by atoms with E-state index in [0.29, 0.717) is 10.0 Å². The third-order valence-corrected chi connectivity index (χ3v) is 2.35. The van der Waals surface area contributed by atoms with E-state index in [1.54, 1.807) is 19.9 Å². The number of pyridine rings is 1. The van der Waals surface area contributed by atoms with E-state index in [9.17, 15) is 9.90 Å². The van der Waals surface area contributed by atoms with Gasteiger partial charge >= 0.3 is 5.97 Å². The van der Waals surface area contributed by atoms with E-state index in [1.807, 2.05) is 0 Å². The smallest absolute Gasteiger partial charge is 0.355 e. The maximum Gasteiger partial charge on any atom is 0.355 e. The van der Waals surface area contributed by atoms with E-state index in [0.717, 1.165) is 0 Å². The number of halogens is 1. The highest BCUT2D eigenvalue weighted by atomic mass is 79.9. The molecule has 0 saturated heterocycles. The van der Waals surface area contributed by atoms with Crippen molar-refractivity contribution < 1.29 is 15.0 Å². The molecule has 2 N–H and O–H groups in total. The Kier molecular flexibility index (Phi) is 2.92. The lowest BCUT2D eigenvalue weighted by Crippen LogP contribution is -2.16. The van der Waals surface area contributed by atoms with Crippen molar-refractivity contribution in [3.63, 3.8) is 0 Å². The molecule has 0 radical (unpaired) electrons. The summed E-state index contributed by atoms with van der Waals surface area (Å²) in [5, 5.41) is 18.3. The number of carbonyl (C=O) groups is 1. The predicted octanol–water partition coefficient (Wildman–Crippen LogP) is 1.77. The Morgan fingerprint density at radius 2 is 2.14 bits per heavy atom. The van der Waals surface area contributed by atoms with Gasteiger partial charge in [0.2, 0.25) is 0 Å². The maximum atomic E-state index is 10.6. The van der Waals surface area contributed by atoms with Crippen LogP contribution in [-0.4, -0.2) is 21.2 Å². The Morgan fingerprint density at radius 3 is 2.50 bits per heavy atom. The van der Waals surface area contributed by atoms with Crippen LogP contribution in [0.4, 0.5) is 0 Å². The molecule has 0 spiro atoms. The van der Waals surface area contributed by atoms with Crippen molar-refractivity contribution in [1.29, 1.82) is 0 Å². The lowest BCUT2D eigenvalue weighted by molar-refractivity contribution is 0.0682. The zero-order valence-corrected chi connectivity index (χ0v) is 9.37. The van der Waals surface area contributed by atoms with Gasteiger partial charge in [-0.2, -0.15) is 0 Å². The molecular weight excluding hydrogens is 250 g/mol. The summed E-state index contributed by atoms with van der Waals surface area (Å²) >= 11 is 3.09. The number of carboxylic acid groups (broad SMARTS) is 1. The fourth-order valence-electron chi connectivity index (χ4n) is 0.930. The summed E-state index contributed by atoms with van der Waals surface area (Å²) < 4.78 is 0.365. The molecule has 5 heteroatoms. The van der Waals surface area contributed by atoms with Crippen LogP contribution < -0.4 is 0 Å². The monoisotopic (exact) mass is 259 g/mol. The molecule has 0 unspecified atom stereocenters. The van der Waals surface area contributed by atoms with E-state index in [-0.39, 0.29) is 5.69 Å². The number of nitrogens with zero attached hydrogens (tertiary/aromatic N) is 1. The van der Waals surface area contributed by atoms with Crippen molar-refractivity contribution in [1.82, 2.24) is 4.98 Å². The number of aliphatic hydroxyl groups is 1. The number of aromatic carboxylic acids is 1. The van der Waals surface area contributed by atoms with Crippen LogP contribution >= 0.6 is 15.9 Å². The summed E-state index contributed by atoms with van der Waals surface area (Å²) in [7, 11) is 0. The van der Waals surface area contributed by atoms with Gasteiger partial charge < -0.3 is 10.2 Å². The van der Waals surface area contributed by atoms with Crippen LogP contribution in [0.25, 0.3) is 0 Å². The molecule has 0 aromatic carbocycles. The van der Waals surface area contributed by atoms with Crippen molar-refractivity contribution >= 4 is 21.9 Å². The highest BCUT2D eigenvalue weighted by molar-refractivity contribution is 9.10. The molecule has 0 aliphatic carbocycles. The number of carboxylic acids is 1. The van der Waals surface area contributed by atoms with E-state index in [4.69, 9.17) is 5.11 Å². The summed E-state index contributed by atoms with van der Waals surface area (Å²) in [5.41, 5.74) is -0.514. The zero-order chi connectivity index (χ0) is 10.9. The Labute approximate surface area is 89.7 Å². The van der Waals surface area contributed by atoms with Gasteiger partial charge in [-0.3, -0.25) is 0 Å². The minimum atomic E-state index is -1.10. The molecule has 1 heterocycles. The van der Waals surface area contributed by atoms with Gasteiger partial charge in [0.1, 0.15) is 0 Å². The van der Waals surface area contributed by atoms with Crippen LogP contribution in [0, 0.1) is 0 Å². The van der Waals surface area contributed by atoms with Crippen LogP contribution in [0.5, 0.6) is 0 Å². The van der Waals surface area contributed by atoms with Crippen molar-refractivity contribution in [3.05, 3.63) is 28.0 Å². The second-order valence-corrected chi connectivity index (χ2v) is 4.27. The zero-order valence-electron chi connectivity index (χ0n) is 7.78. The summed E-state index contributed by atoms with van der Waals surface area (Å²) in [6.07, 6.45) is 1.36. The van der Waals surface area contributed by atoms with Gasteiger partial charge in [-0.05, 0) is 35.8 Å². The van der Waals surface area contributed by atoms with Crippen LogP contribution in [0.3, 0.4) is 0 Å². The molecule has 0 fully saturated rings. The van der Waals surface area contributed by atoms with Crippen molar-refractivity contribution in [3.8, 4) is 0 Å². The Balaban J connectivity index is 3.20. The fourth-order valence-corrected chi connectivity index (χ4v) is 1.45. The molecule has 0 atom stereocenters. The first-order valence-corrected chi connectivity index (χ1v) is 4.73. The Hall–Kier alpha value is -0.940. The van der Waals surface area contributed by atoms with Gasteiger partial charge in [-0.1, -0.05) is 0 Å². The van der Waals surface area contributed by atoms with Gasteiger partial charge in [-0.25, -0.2) is 9.78 Å². The average Bonchev–Trinajstić information content (AvgIpc) is 2.01. The normalized spacial score (nSPS) is 11.4. The third-order valence-electron chi connectivity index (χ3n) is 1.75. The van der Waals surface area contributed by atoms with Crippen LogP contribution in [0.1, 0.15) is 29.9 Å². The molecular formula is C9H10BrNO3. The quantitative estimate of drug-likeness (QED) is 0.850. The van der Waals surface area contributed by atoms with Crippen LogP contribution in [-0.2, 0) is 5.60 Å². The first kappa shape index (κ1) is 11.1. The molecule has 0 amide bonds. The minimum Gasteiger partial charge on any atom is -0.476 e. The largest absolute Gasteiger partial charge is 0.476 e. The molecule has 76 valence electrons. The number of hydrogen-bond donors (Lipinski definition) is 2. The van der Waals surface area contributed by atoms with E-state index >= 15 is 0 Å². The van der Waals surface area contributed by atoms with Gasteiger partial charge in [0.15, 0.2) is 5.69 Å². The van der Waals surface area contributed by atoms with Gasteiger partial charge in [0, 0.05) is 11.8 Å². The Morgan fingerprint density at radius 1 is 1.57 bits per heavy atom. The highest BCUT2D eigenvalue weighted by Gasteiger charge is 2.19. The highest BCUT2D eigenvalue weighted by Crippen LogP contribution is 2.23. The predicted molar refractivity (Wildman–Crippen MR) is 54.1 cm³/mol. The maximum absolute atomic E-state index is 10.6. The van der Waals surface area contributed by atoms with E-state index < -0.39 is 11.6 Å². The van der Waals surface area contributed by atoms with Crippen molar-refractivity contribution in [2.75, 3.05) is 0 Å². The lowest BCUT2D eigenvalue weighted by Gasteiger charge is -2.17. The summed E-state index contributed by atoms with van der Waals surface area (Å²) in [4.78, 5) is 14.4. The molecule has 4 nitrogen and oxygen atoms in total. The second kappa shape index (κ2) is 3.67. The summed E-state index contributed by atoms with van der Waals surface area (Å²) in [6.45, 7) is 3.22. The molecule has 1 aromatic rings. The molecule has 0 saturated carbocycles. The van der Waals surface area contributed by atoms with Gasteiger partial charge in [0.25, 0.3) is 0 Å². The SMILES string of the molecule is CC(C)(O)c1cnc(C(=O)O)c(Br)c1. The average molecular weight is 260 g/mol. The van der Waals surface area contributed by atoms with E-state index in [2.05, 4.69) is 20.9 Å². The summed E-state index contributed by atoms with van der Waals surface area (Å²) in [5.74, 6) is -1.10.